The van der Waals surface area contributed by atoms with Gasteiger partial charge >= 0.3 is 0 Å². The van der Waals surface area contributed by atoms with E-state index in [-0.39, 0.29) is 29.7 Å². The molecule has 0 aliphatic carbocycles. The molecule has 0 bridgehead atoms. The average Bonchev–Trinajstić information content (AvgIpc) is 2.66. The Bertz CT molecular complexity index is 789. The first-order chi connectivity index (χ1) is 12.8. The molecule has 27 heavy (non-hydrogen) atoms. The zero-order chi connectivity index (χ0) is 19.7. The van der Waals surface area contributed by atoms with Crippen molar-refractivity contribution in [2.75, 3.05) is 25.0 Å². The van der Waals surface area contributed by atoms with E-state index in [9.17, 15) is 14.4 Å². The van der Waals surface area contributed by atoms with Crippen LogP contribution in [0.2, 0.25) is 0 Å². The maximum atomic E-state index is 13.0. The highest BCUT2D eigenvalue weighted by atomic mass is 16.5. The van der Waals surface area contributed by atoms with E-state index in [4.69, 9.17) is 4.74 Å². The number of benzene rings is 1. The summed E-state index contributed by atoms with van der Waals surface area (Å²) in [6, 6.07) is 5.00. The van der Waals surface area contributed by atoms with Crippen molar-refractivity contribution >= 4 is 23.4 Å². The average molecular weight is 371 g/mol. The van der Waals surface area contributed by atoms with Gasteiger partial charge in [-0.25, -0.2) is 0 Å². The van der Waals surface area contributed by atoms with E-state index in [1.807, 2.05) is 13.8 Å². The molecular formula is C20H25N3O4. The quantitative estimate of drug-likeness (QED) is 0.823. The van der Waals surface area contributed by atoms with E-state index in [1.54, 1.807) is 34.9 Å². The number of rotatable bonds is 3. The maximum Gasteiger partial charge on any atom is 0.265 e. The van der Waals surface area contributed by atoms with Crippen molar-refractivity contribution in [3.05, 3.63) is 36.4 Å². The van der Waals surface area contributed by atoms with Gasteiger partial charge < -0.3 is 19.9 Å². The molecule has 7 nitrogen and oxygen atoms in total. The molecule has 0 spiro atoms. The fourth-order valence-corrected chi connectivity index (χ4v) is 3.48. The van der Waals surface area contributed by atoms with Gasteiger partial charge in [-0.2, -0.15) is 0 Å². The van der Waals surface area contributed by atoms with Crippen LogP contribution < -0.4 is 10.1 Å². The van der Waals surface area contributed by atoms with Crippen LogP contribution in [0.3, 0.4) is 0 Å². The van der Waals surface area contributed by atoms with E-state index in [0.717, 1.165) is 0 Å². The largest absolute Gasteiger partial charge is 0.479 e. The summed E-state index contributed by atoms with van der Waals surface area (Å²) in [7, 11) is 0. The number of hydrogen-bond acceptors (Lipinski definition) is 4. The minimum atomic E-state index is -0.554. The second kappa shape index (κ2) is 7.42. The molecule has 2 aliphatic rings. The predicted octanol–water partition coefficient (Wildman–Crippen LogP) is 1.90. The molecule has 0 aromatic heterocycles. The van der Waals surface area contributed by atoms with Gasteiger partial charge in [-0.15, -0.1) is 0 Å². The van der Waals surface area contributed by atoms with E-state index in [2.05, 4.69) is 11.9 Å². The molecule has 0 radical (unpaired) electrons. The summed E-state index contributed by atoms with van der Waals surface area (Å²) in [6.07, 6.45) is 0.765. The van der Waals surface area contributed by atoms with Crippen molar-refractivity contribution in [3.8, 4) is 5.75 Å². The number of fused-ring (bicyclic) bond motifs is 1. The van der Waals surface area contributed by atoms with Crippen LogP contribution in [-0.2, 0) is 9.59 Å². The van der Waals surface area contributed by atoms with Gasteiger partial charge in [-0.3, -0.25) is 14.4 Å². The molecule has 2 aliphatic heterocycles. The summed E-state index contributed by atoms with van der Waals surface area (Å²) in [5, 5.41) is 2.77. The van der Waals surface area contributed by atoms with Gasteiger partial charge in [0.15, 0.2) is 6.10 Å². The first kappa shape index (κ1) is 18.9. The van der Waals surface area contributed by atoms with Crippen molar-refractivity contribution in [2.24, 2.45) is 5.92 Å². The number of nitrogens with one attached hydrogen (secondary N) is 1. The van der Waals surface area contributed by atoms with E-state index in [0.29, 0.717) is 36.6 Å². The smallest absolute Gasteiger partial charge is 0.265 e. The van der Waals surface area contributed by atoms with Crippen molar-refractivity contribution < 1.29 is 19.1 Å². The first-order valence-electron chi connectivity index (χ1n) is 9.15. The van der Waals surface area contributed by atoms with Gasteiger partial charge in [0.1, 0.15) is 5.75 Å². The number of anilines is 1. The van der Waals surface area contributed by atoms with E-state index < -0.39 is 6.10 Å². The Morgan fingerprint density at radius 3 is 2.74 bits per heavy atom. The SMILES string of the molecule is C=CC(=O)N1CCN(C(=O)c2ccc3c(c2)NC(=O)C(C)O3)C[C@@H]1C(C)C. The van der Waals surface area contributed by atoms with E-state index in [1.165, 1.54) is 6.08 Å². The molecular weight excluding hydrogens is 346 g/mol. The Kier molecular flexibility index (Phi) is 5.21. The second-order valence-electron chi connectivity index (χ2n) is 7.26. The lowest BCUT2D eigenvalue weighted by atomic mass is 9.98. The summed E-state index contributed by atoms with van der Waals surface area (Å²) in [5.41, 5.74) is 0.989. The highest BCUT2D eigenvalue weighted by Gasteiger charge is 2.34. The zero-order valence-corrected chi connectivity index (χ0v) is 15.9. The lowest BCUT2D eigenvalue weighted by Crippen LogP contribution is -2.58. The van der Waals surface area contributed by atoms with Crippen LogP contribution in [0.1, 0.15) is 31.1 Å². The molecule has 1 fully saturated rings. The fourth-order valence-electron chi connectivity index (χ4n) is 3.48. The Hall–Kier alpha value is -2.83. The third-order valence-electron chi connectivity index (χ3n) is 5.09. The number of ether oxygens (including phenoxy) is 1. The molecule has 2 heterocycles. The first-order valence-corrected chi connectivity index (χ1v) is 9.15. The van der Waals surface area contributed by atoms with Crippen molar-refractivity contribution in [1.29, 1.82) is 0 Å². The molecule has 1 aromatic rings. The Labute approximate surface area is 159 Å². The van der Waals surface area contributed by atoms with Gasteiger partial charge in [-0.1, -0.05) is 20.4 Å². The van der Waals surface area contributed by atoms with Gasteiger partial charge in [0.05, 0.1) is 11.7 Å². The van der Waals surface area contributed by atoms with Crippen LogP contribution in [0.25, 0.3) is 0 Å². The molecule has 7 heteroatoms. The zero-order valence-electron chi connectivity index (χ0n) is 15.9. The number of amides is 3. The maximum absolute atomic E-state index is 13.0. The van der Waals surface area contributed by atoms with Crippen molar-refractivity contribution in [3.63, 3.8) is 0 Å². The van der Waals surface area contributed by atoms with Crippen LogP contribution in [0, 0.1) is 5.92 Å². The minimum absolute atomic E-state index is 0.0605. The normalized spacial score (nSPS) is 22.0. The van der Waals surface area contributed by atoms with Crippen molar-refractivity contribution in [1.82, 2.24) is 9.80 Å². The highest BCUT2D eigenvalue weighted by molar-refractivity contribution is 6.01. The Morgan fingerprint density at radius 2 is 2.07 bits per heavy atom. The van der Waals surface area contributed by atoms with Gasteiger partial charge in [0, 0.05) is 25.2 Å². The fraction of sp³-hybridized carbons (Fsp3) is 0.450. The lowest BCUT2D eigenvalue weighted by molar-refractivity contribution is -0.131. The van der Waals surface area contributed by atoms with Crippen LogP contribution >= 0.6 is 0 Å². The molecule has 1 aromatic carbocycles. The Morgan fingerprint density at radius 1 is 1.33 bits per heavy atom. The van der Waals surface area contributed by atoms with Gasteiger partial charge in [-0.05, 0) is 37.1 Å². The lowest BCUT2D eigenvalue weighted by Gasteiger charge is -2.43. The number of carbonyl (C=O) groups is 3. The summed E-state index contributed by atoms with van der Waals surface area (Å²) in [5.74, 6) is 0.302. The monoisotopic (exact) mass is 371 g/mol. The third-order valence-corrected chi connectivity index (χ3v) is 5.09. The van der Waals surface area contributed by atoms with Crippen LogP contribution in [0.5, 0.6) is 5.75 Å². The van der Waals surface area contributed by atoms with Crippen LogP contribution in [0.15, 0.2) is 30.9 Å². The molecule has 3 rings (SSSR count). The standard InChI is InChI=1S/C20H25N3O4/c1-5-18(24)23-9-8-22(11-16(23)12(2)3)20(26)14-6-7-17-15(10-14)21-19(25)13(4)27-17/h5-7,10,12-13,16H,1,8-9,11H2,2-4H3,(H,21,25)/t13?,16-/m1/s1. The molecule has 0 saturated carbocycles. The molecule has 1 saturated heterocycles. The molecule has 3 amide bonds. The summed E-state index contributed by atoms with van der Waals surface area (Å²) >= 11 is 0. The van der Waals surface area contributed by atoms with Gasteiger partial charge in [0.25, 0.3) is 11.8 Å². The summed E-state index contributed by atoms with van der Waals surface area (Å²) in [4.78, 5) is 40.4. The minimum Gasteiger partial charge on any atom is -0.479 e. The number of piperazine rings is 1. The molecule has 2 atom stereocenters. The topological polar surface area (TPSA) is 79.0 Å². The molecule has 1 N–H and O–H groups in total. The second-order valence-corrected chi connectivity index (χ2v) is 7.26. The van der Waals surface area contributed by atoms with Crippen LogP contribution in [0.4, 0.5) is 5.69 Å². The van der Waals surface area contributed by atoms with Crippen LogP contribution in [-0.4, -0.2) is 59.3 Å². The highest BCUT2D eigenvalue weighted by Crippen LogP contribution is 2.31. The van der Waals surface area contributed by atoms with Gasteiger partial charge in [0.2, 0.25) is 5.91 Å². The van der Waals surface area contributed by atoms with E-state index >= 15 is 0 Å². The summed E-state index contributed by atoms with van der Waals surface area (Å²) < 4.78 is 5.54. The predicted molar refractivity (Wildman–Crippen MR) is 102 cm³/mol. The third kappa shape index (κ3) is 3.67. The molecule has 144 valence electrons. The Balaban J connectivity index is 1.78. The molecule has 1 unspecified atom stereocenters. The van der Waals surface area contributed by atoms with Crippen molar-refractivity contribution in [2.45, 2.75) is 32.9 Å². The number of nitrogens with zero attached hydrogens (tertiary/aromatic N) is 2. The summed E-state index contributed by atoms with van der Waals surface area (Å²) in [6.45, 7) is 10.7. The number of hydrogen-bond donors (Lipinski definition) is 1. The number of carbonyl (C=O) groups excluding carboxylic acids is 3.